The van der Waals surface area contributed by atoms with E-state index in [0.717, 1.165) is 0 Å². The minimum absolute atomic E-state index is 0.0441. The van der Waals surface area contributed by atoms with Crippen LogP contribution in [0.3, 0.4) is 0 Å². The zero-order chi connectivity index (χ0) is 22.0. The van der Waals surface area contributed by atoms with Crippen molar-refractivity contribution < 1.29 is 19.4 Å². The minimum atomic E-state index is -0.907. The normalized spacial score (nSPS) is 17.7. The van der Waals surface area contributed by atoms with Crippen LogP contribution in [0, 0.1) is 0 Å². The molecule has 1 amide bonds. The average Bonchev–Trinajstić information content (AvgIpc) is 3.05. The summed E-state index contributed by atoms with van der Waals surface area (Å²) < 4.78 is 5.50. The molecule has 156 valence electrons. The second kappa shape index (κ2) is 8.62. The van der Waals surface area contributed by atoms with Crippen LogP contribution in [0.2, 0.25) is 5.02 Å². The second-order valence-corrected chi connectivity index (χ2v) is 7.30. The minimum Gasteiger partial charge on any atom is -0.507 e. The number of Topliss-reactive ketones (excluding diaryl/α,β-unsaturated/α-hetero) is 1. The van der Waals surface area contributed by atoms with E-state index in [2.05, 4.69) is 4.98 Å². The number of aromatic nitrogens is 1. The maximum atomic E-state index is 13.1. The fourth-order valence-electron chi connectivity index (χ4n) is 3.60. The van der Waals surface area contributed by atoms with Gasteiger partial charge in [0.2, 0.25) is 0 Å². The van der Waals surface area contributed by atoms with Gasteiger partial charge < -0.3 is 9.84 Å². The van der Waals surface area contributed by atoms with Crippen molar-refractivity contribution in [2.75, 3.05) is 11.5 Å². The highest BCUT2D eigenvalue weighted by Crippen LogP contribution is 2.42. The average molecular weight is 435 g/mol. The van der Waals surface area contributed by atoms with Gasteiger partial charge in [0, 0.05) is 22.5 Å². The lowest BCUT2D eigenvalue weighted by atomic mass is 9.98. The molecule has 0 bridgehead atoms. The maximum absolute atomic E-state index is 13.1. The summed E-state index contributed by atoms with van der Waals surface area (Å²) in [5.41, 5.74) is 1.21. The van der Waals surface area contributed by atoms with Crippen molar-refractivity contribution in [2.24, 2.45) is 0 Å². The molecule has 0 radical (unpaired) electrons. The zero-order valence-electron chi connectivity index (χ0n) is 16.7. The first kappa shape index (κ1) is 20.6. The van der Waals surface area contributed by atoms with Gasteiger partial charge >= 0.3 is 0 Å². The van der Waals surface area contributed by atoms with Crippen LogP contribution in [0.4, 0.5) is 5.69 Å². The van der Waals surface area contributed by atoms with Crippen molar-refractivity contribution in [2.45, 2.75) is 13.0 Å². The summed E-state index contributed by atoms with van der Waals surface area (Å²) in [4.78, 5) is 31.8. The first-order chi connectivity index (χ1) is 15.0. The Hall–Kier alpha value is -3.64. The molecule has 1 fully saturated rings. The molecule has 1 unspecified atom stereocenters. The monoisotopic (exact) mass is 434 g/mol. The predicted molar refractivity (Wildman–Crippen MR) is 118 cm³/mol. The SMILES string of the molecule is CCOc1cccc(/C(O)=C2\C(=O)C(=O)N(c3cccc(Cl)c3)C2c2ccccn2)c1. The molecule has 1 aromatic heterocycles. The van der Waals surface area contributed by atoms with Crippen LogP contribution in [-0.4, -0.2) is 28.4 Å². The van der Waals surface area contributed by atoms with Crippen LogP contribution in [0.25, 0.3) is 5.76 Å². The lowest BCUT2D eigenvalue weighted by molar-refractivity contribution is -0.132. The van der Waals surface area contributed by atoms with Gasteiger partial charge in [0.15, 0.2) is 0 Å². The zero-order valence-corrected chi connectivity index (χ0v) is 17.4. The smallest absolute Gasteiger partial charge is 0.300 e. The fourth-order valence-corrected chi connectivity index (χ4v) is 3.78. The lowest BCUT2D eigenvalue weighted by Crippen LogP contribution is -2.29. The van der Waals surface area contributed by atoms with E-state index in [1.807, 2.05) is 6.92 Å². The van der Waals surface area contributed by atoms with E-state index in [4.69, 9.17) is 16.3 Å². The van der Waals surface area contributed by atoms with Gasteiger partial charge in [-0.15, -0.1) is 0 Å². The number of halogens is 1. The highest BCUT2D eigenvalue weighted by atomic mass is 35.5. The largest absolute Gasteiger partial charge is 0.507 e. The molecule has 4 rings (SSSR count). The Morgan fingerprint density at radius 3 is 2.61 bits per heavy atom. The molecule has 2 aromatic carbocycles. The molecule has 31 heavy (non-hydrogen) atoms. The number of rotatable bonds is 5. The lowest BCUT2D eigenvalue weighted by Gasteiger charge is -2.24. The number of benzene rings is 2. The van der Waals surface area contributed by atoms with Crippen molar-refractivity contribution in [1.29, 1.82) is 0 Å². The Balaban J connectivity index is 1.92. The highest BCUT2D eigenvalue weighted by molar-refractivity contribution is 6.51. The maximum Gasteiger partial charge on any atom is 0.300 e. The molecule has 1 aliphatic heterocycles. The number of carbonyl (C=O) groups excluding carboxylic acids is 2. The Morgan fingerprint density at radius 1 is 1.10 bits per heavy atom. The van der Waals surface area contributed by atoms with Crippen molar-refractivity contribution >= 4 is 34.7 Å². The van der Waals surface area contributed by atoms with E-state index in [1.54, 1.807) is 72.9 Å². The number of hydrogen-bond donors (Lipinski definition) is 1. The van der Waals surface area contributed by atoms with Crippen LogP contribution >= 0.6 is 11.6 Å². The number of nitrogens with zero attached hydrogens (tertiary/aromatic N) is 2. The molecule has 0 saturated carbocycles. The van der Waals surface area contributed by atoms with Gasteiger partial charge in [-0.1, -0.05) is 35.9 Å². The van der Waals surface area contributed by atoms with Gasteiger partial charge in [-0.2, -0.15) is 0 Å². The Kier molecular flexibility index (Phi) is 5.73. The molecule has 0 spiro atoms. The topological polar surface area (TPSA) is 79.7 Å². The van der Waals surface area contributed by atoms with Gasteiger partial charge in [-0.25, -0.2) is 0 Å². The summed E-state index contributed by atoms with van der Waals surface area (Å²) in [6, 6.07) is 17.7. The summed E-state index contributed by atoms with van der Waals surface area (Å²) in [5, 5.41) is 11.5. The van der Waals surface area contributed by atoms with E-state index >= 15 is 0 Å². The Morgan fingerprint density at radius 2 is 1.90 bits per heavy atom. The van der Waals surface area contributed by atoms with Crippen molar-refractivity contribution in [3.63, 3.8) is 0 Å². The molecule has 1 saturated heterocycles. The van der Waals surface area contributed by atoms with E-state index < -0.39 is 17.7 Å². The molecule has 3 aromatic rings. The summed E-state index contributed by atoms with van der Waals surface area (Å²) >= 11 is 6.13. The van der Waals surface area contributed by atoms with E-state index in [9.17, 15) is 14.7 Å². The van der Waals surface area contributed by atoms with Crippen LogP contribution in [0.15, 0.2) is 78.5 Å². The summed E-state index contributed by atoms with van der Waals surface area (Å²) in [5.74, 6) is -1.31. The van der Waals surface area contributed by atoms with Crippen LogP contribution in [0.1, 0.15) is 24.2 Å². The number of anilines is 1. The molecule has 2 heterocycles. The molecular formula is C24H19ClN2O4. The Bertz CT molecular complexity index is 1180. The van der Waals surface area contributed by atoms with Gasteiger partial charge in [-0.05, 0) is 49.4 Å². The molecule has 1 atom stereocenters. The van der Waals surface area contributed by atoms with Crippen LogP contribution < -0.4 is 9.64 Å². The van der Waals surface area contributed by atoms with Crippen LogP contribution in [0.5, 0.6) is 5.75 Å². The molecule has 6 nitrogen and oxygen atoms in total. The van der Waals surface area contributed by atoms with Crippen molar-refractivity contribution in [3.05, 3.63) is 94.8 Å². The number of amides is 1. The van der Waals surface area contributed by atoms with E-state index in [0.29, 0.717) is 34.3 Å². The highest BCUT2D eigenvalue weighted by Gasteiger charge is 2.47. The Labute approximate surface area is 184 Å². The summed E-state index contributed by atoms with van der Waals surface area (Å²) in [7, 11) is 0. The van der Waals surface area contributed by atoms with Gasteiger partial charge in [0.05, 0.1) is 17.9 Å². The van der Waals surface area contributed by atoms with Crippen molar-refractivity contribution in [1.82, 2.24) is 4.98 Å². The summed E-state index contributed by atoms with van der Waals surface area (Å²) in [6.07, 6.45) is 1.57. The first-order valence-corrected chi connectivity index (χ1v) is 10.1. The number of carbonyl (C=O) groups is 2. The number of ether oxygens (including phenoxy) is 1. The molecular weight excluding hydrogens is 416 g/mol. The number of aliphatic hydroxyl groups excluding tert-OH is 1. The fraction of sp³-hybridized carbons (Fsp3) is 0.125. The number of aliphatic hydroxyl groups is 1. The van der Waals surface area contributed by atoms with Gasteiger partial charge in [-0.3, -0.25) is 19.5 Å². The molecule has 1 N–H and O–H groups in total. The number of pyridine rings is 1. The molecule has 0 aliphatic carbocycles. The van der Waals surface area contributed by atoms with Gasteiger partial charge in [0.1, 0.15) is 17.6 Å². The van der Waals surface area contributed by atoms with Crippen LogP contribution in [-0.2, 0) is 9.59 Å². The summed E-state index contributed by atoms with van der Waals surface area (Å²) in [6.45, 7) is 2.31. The first-order valence-electron chi connectivity index (χ1n) is 9.72. The standard InChI is InChI=1S/C24H19ClN2O4/c1-2-31-18-10-5-7-15(13-18)22(28)20-21(19-11-3-4-12-26-19)27(24(30)23(20)29)17-9-6-8-16(25)14-17/h3-14,21,28H,2H2,1H3/b22-20+. The predicted octanol–water partition coefficient (Wildman–Crippen LogP) is 4.76. The van der Waals surface area contributed by atoms with E-state index in [-0.39, 0.29) is 11.3 Å². The molecule has 1 aliphatic rings. The third-order valence-electron chi connectivity index (χ3n) is 4.92. The van der Waals surface area contributed by atoms with Crippen molar-refractivity contribution in [3.8, 4) is 5.75 Å². The number of ketones is 1. The third-order valence-corrected chi connectivity index (χ3v) is 5.15. The number of hydrogen-bond acceptors (Lipinski definition) is 5. The van der Waals surface area contributed by atoms with Gasteiger partial charge in [0.25, 0.3) is 11.7 Å². The second-order valence-electron chi connectivity index (χ2n) is 6.86. The van der Waals surface area contributed by atoms with E-state index in [1.165, 1.54) is 4.90 Å². The third kappa shape index (κ3) is 3.90. The quantitative estimate of drug-likeness (QED) is 0.356. The molecule has 7 heteroatoms.